The lowest BCUT2D eigenvalue weighted by molar-refractivity contribution is 0.262. The Morgan fingerprint density at radius 3 is 1.65 bits per heavy atom. The molecule has 0 unspecified atom stereocenters. The molecule has 0 saturated heterocycles. The molecule has 0 atom stereocenters. The maximum atomic E-state index is 12.1. The zero-order chi connectivity index (χ0) is 18.4. The topological polar surface area (TPSA) is 56.4 Å². The molecule has 0 spiro atoms. The van der Waals surface area contributed by atoms with Gasteiger partial charge in [0, 0.05) is 42.5 Å². The molecule has 0 bridgehead atoms. The standard InChI is InChI=1S/C21H22N4O/c1-25(2)20-14-12-19(13-15-20)24-21(26)23-18-10-8-17(9-11-18)22-16-6-4-3-5-7-16/h3-15,22H,1-2H3,(H2,23,24,26). The number of nitrogens with one attached hydrogen (secondary N) is 3. The normalized spacial score (nSPS) is 10.1. The quantitative estimate of drug-likeness (QED) is 0.599. The van der Waals surface area contributed by atoms with E-state index < -0.39 is 0 Å². The number of anilines is 5. The first-order valence-corrected chi connectivity index (χ1v) is 8.38. The van der Waals surface area contributed by atoms with Crippen molar-refractivity contribution in [2.24, 2.45) is 0 Å². The molecule has 5 heteroatoms. The fraction of sp³-hybridized carbons (Fsp3) is 0.0952. The van der Waals surface area contributed by atoms with Crippen molar-refractivity contribution in [3.63, 3.8) is 0 Å². The number of hydrogen-bond acceptors (Lipinski definition) is 3. The molecule has 0 aliphatic rings. The first-order chi connectivity index (χ1) is 12.6. The van der Waals surface area contributed by atoms with Gasteiger partial charge in [0.05, 0.1) is 0 Å². The number of rotatable bonds is 5. The highest BCUT2D eigenvalue weighted by atomic mass is 16.2. The van der Waals surface area contributed by atoms with Crippen LogP contribution < -0.4 is 20.9 Å². The van der Waals surface area contributed by atoms with Crippen LogP contribution in [-0.4, -0.2) is 20.1 Å². The van der Waals surface area contributed by atoms with E-state index in [0.717, 1.165) is 28.4 Å². The molecular weight excluding hydrogens is 324 g/mol. The third-order valence-electron chi connectivity index (χ3n) is 3.85. The second-order valence-corrected chi connectivity index (χ2v) is 6.09. The summed E-state index contributed by atoms with van der Waals surface area (Å²) >= 11 is 0. The maximum absolute atomic E-state index is 12.1. The molecule has 3 N–H and O–H groups in total. The Hall–Kier alpha value is -3.47. The van der Waals surface area contributed by atoms with Gasteiger partial charge < -0.3 is 20.9 Å². The van der Waals surface area contributed by atoms with E-state index in [1.807, 2.05) is 97.9 Å². The lowest BCUT2D eigenvalue weighted by atomic mass is 10.2. The smallest absolute Gasteiger partial charge is 0.323 e. The predicted molar refractivity (Wildman–Crippen MR) is 110 cm³/mol. The van der Waals surface area contributed by atoms with Crippen LogP contribution in [0.3, 0.4) is 0 Å². The van der Waals surface area contributed by atoms with Crippen molar-refractivity contribution in [3.05, 3.63) is 78.9 Å². The Kier molecular flexibility index (Phi) is 5.39. The van der Waals surface area contributed by atoms with E-state index in [2.05, 4.69) is 16.0 Å². The molecule has 5 nitrogen and oxygen atoms in total. The Balaban J connectivity index is 1.55. The summed E-state index contributed by atoms with van der Waals surface area (Å²) in [6, 6.07) is 24.9. The summed E-state index contributed by atoms with van der Waals surface area (Å²) in [5, 5.41) is 8.96. The van der Waals surface area contributed by atoms with Crippen LogP contribution >= 0.6 is 0 Å². The molecule has 2 amide bonds. The third-order valence-corrected chi connectivity index (χ3v) is 3.85. The van der Waals surface area contributed by atoms with E-state index in [1.54, 1.807) is 0 Å². The van der Waals surface area contributed by atoms with Crippen molar-refractivity contribution >= 4 is 34.5 Å². The highest BCUT2D eigenvalue weighted by molar-refractivity contribution is 5.99. The highest BCUT2D eigenvalue weighted by Gasteiger charge is 2.04. The Morgan fingerprint density at radius 1 is 0.654 bits per heavy atom. The maximum Gasteiger partial charge on any atom is 0.323 e. The molecular formula is C21H22N4O. The number of para-hydroxylation sites is 1. The van der Waals surface area contributed by atoms with Gasteiger partial charge in [0.25, 0.3) is 0 Å². The van der Waals surface area contributed by atoms with Crippen LogP contribution in [-0.2, 0) is 0 Å². The van der Waals surface area contributed by atoms with Crippen LogP contribution in [0.25, 0.3) is 0 Å². The summed E-state index contributed by atoms with van der Waals surface area (Å²) in [4.78, 5) is 14.1. The van der Waals surface area contributed by atoms with Gasteiger partial charge >= 0.3 is 6.03 Å². The minimum Gasteiger partial charge on any atom is -0.378 e. The highest BCUT2D eigenvalue weighted by Crippen LogP contribution is 2.19. The summed E-state index contributed by atoms with van der Waals surface area (Å²) in [5.74, 6) is 0. The molecule has 26 heavy (non-hydrogen) atoms. The fourth-order valence-electron chi connectivity index (χ4n) is 2.46. The Morgan fingerprint density at radius 2 is 1.12 bits per heavy atom. The van der Waals surface area contributed by atoms with Gasteiger partial charge in [-0.05, 0) is 60.7 Å². The molecule has 0 fully saturated rings. The van der Waals surface area contributed by atoms with Crippen molar-refractivity contribution in [2.45, 2.75) is 0 Å². The van der Waals surface area contributed by atoms with Crippen molar-refractivity contribution in [3.8, 4) is 0 Å². The van der Waals surface area contributed by atoms with E-state index in [0.29, 0.717) is 0 Å². The summed E-state index contributed by atoms with van der Waals surface area (Å²) in [6.07, 6.45) is 0. The molecule has 132 valence electrons. The zero-order valence-corrected chi connectivity index (χ0v) is 14.9. The zero-order valence-electron chi connectivity index (χ0n) is 14.9. The van der Waals surface area contributed by atoms with Crippen LogP contribution in [0, 0.1) is 0 Å². The van der Waals surface area contributed by atoms with Gasteiger partial charge in [-0.3, -0.25) is 0 Å². The SMILES string of the molecule is CN(C)c1ccc(NC(=O)Nc2ccc(Nc3ccccc3)cc2)cc1. The largest absolute Gasteiger partial charge is 0.378 e. The molecule has 0 saturated carbocycles. The van der Waals surface area contributed by atoms with Crippen LogP contribution in [0.4, 0.5) is 33.2 Å². The fourth-order valence-corrected chi connectivity index (χ4v) is 2.46. The van der Waals surface area contributed by atoms with E-state index in [9.17, 15) is 4.79 Å². The van der Waals surface area contributed by atoms with E-state index >= 15 is 0 Å². The molecule has 0 heterocycles. The van der Waals surface area contributed by atoms with E-state index in [4.69, 9.17) is 0 Å². The number of hydrogen-bond donors (Lipinski definition) is 3. The number of benzene rings is 3. The average Bonchev–Trinajstić information content (AvgIpc) is 2.64. The minimum absolute atomic E-state index is 0.272. The van der Waals surface area contributed by atoms with E-state index in [1.165, 1.54) is 0 Å². The molecule has 3 rings (SSSR count). The lowest BCUT2D eigenvalue weighted by Gasteiger charge is -2.13. The van der Waals surface area contributed by atoms with Crippen molar-refractivity contribution in [1.29, 1.82) is 0 Å². The second kappa shape index (κ2) is 8.07. The first kappa shape index (κ1) is 17.4. The van der Waals surface area contributed by atoms with Gasteiger partial charge in [0.1, 0.15) is 0 Å². The van der Waals surface area contributed by atoms with Crippen molar-refractivity contribution < 1.29 is 4.79 Å². The number of carbonyl (C=O) groups is 1. The van der Waals surface area contributed by atoms with Crippen molar-refractivity contribution in [2.75, 3.05) is 34.9 Å². The van der Waals surface area contributed by atoms with Gasteiger partial charge in [-0.15, -0.1) is 0 Å². The summed E-state index contributed by atoms with van der Waals surface area (Å²) in [6.45, 7) is 0. The third kappa shape index (κ3) is 4.77. The monoisotopic (exact) mass is 346 g/mol. The Labute approximate surface area is 153 Å². The van der Waals surface area contributed by atoms with Gasteiger partial charge in [-0.25, -0.2) is 4.79 Å². The van der Waals surface area contributed by atoms with Gasteiger partial charge in [-0.1, -0.05) is 18.2 Å². The summed E-state index contributed by atoms with van der Waals surface area (Å²) < 4.78 is 0. The number of carbonyl (C=O) groups excluding carboxylic acids is 1. The van der Waals surface area contributed by atoms with Crippen LogP contribution in [0.5, 0.6) is 0 Å². The Bertz CT molecular complexity index is 843. The number of nitrogens with zero attached hydrogens (tertiary/aromatic N) is 1. The molecule has 3 aromatic rings. The molecule has 0 aromatic heterocycles. The van der Waals surface area contributed by atoms with Gasteiger partial charge in [-0.2, -0.15) is 0 Å². The molecule has 0 radical (unpaired) electrons. The second-order valence-electron chi connectivity index (χ2n) is 6.09. The molecule has 3 aromatic carbocycles. The van der Waals surface area contributed by atoms with Crippen LogP contribution in [0.15, 0.2) is 78.9 Å². The molecule has 0 aliphatic carbocycles. The van der Waals surface area contributed by atoms with Crippen LogP contribution in [0.1, 0.15) is 0 Å². The number of urea groups is 1. The van der Waals surface area contributed by atoms with Gasteiger partial charge in [0.15, 0.2) is 0 Å². The molecule has 0 aliphatic heterocycles. The first-order valence-electron chi connectivity index (χ1n) is 8.38. The summed E-state index contributed by atoms with van der Waals surface area (Å²) in [7, 11) is 3.96. The van der Waals surface area contributed by atoms with Gasteiger partial charge in [0.2, 0.25) is 0 Å². The predicted octanol–water partition coefficient (Wildman–Crippen LogP) is 5.14. The van der Waals surface area contributed by atoms with Crippen molar-refractivity contribution in [1.82, 2.24) is 0 Å². The summed E-state index contributed by atoms with van der Waals surface area (Å²) in [5.41, 5.74) is 4.53. The lowest BCUT2D eigenvalue weighted by Crippen LogP contribution is -2.19. The average molecular weight is 346 g/mol. The number of amides is 2. The minimum atomic E-state index is -0.272. The van der Waals surface area contributed by atoms with Crippen LogP contribution in [0.2, 0.25) is 0 Å². The van der Waals surface area contributed by atoms with E-state index in [-0.39, 0.29) is 6.03 Å².